The van der Waals surface area contributed by atoms with Gasteiger partial charge in [-0.05, 0) is 19.4 Å². The third kappa shape index (κ3) is 5.03. The van der Waals surface area contributed by atoms with Crippen molar-refractivity contribution in [3.05, 3.63) is 11.8 Å². The van der Waals surface area contributed by atoms with Crippen LogP contribution in [0.25, 0.3) is 0 Å². The summed E-state index contributed by atoms with van der Waals surface area (Å²) in [7, 11) is 0. The summed E-state index contributed by atoms with van der Waals surface area (Å²) in [5, 5.41) is 8.14. The van der Waals surface area contributed by atoms with Gasteiger partial charge >= 0.3 is 5.97 Å². The van der Waals surface area contributed by atoms with Crippen molar-refractivity contribution < 1.29 is 14.6 Å². The zero-order valence-electron chi connectivity index (χ0n) is 5.55. The number of aliphatic hydroxyl groups is 1. The van der Waals surface area contributed by atoms with Crippen LogP contribution < -0.4 is 0 Å². The average molecular weight is 130 g/mol. The van der Waals surface area contributed by atoms with Gasteiger partial charge in [-0.3, -0.25) is 0 Å². The quantitative estimate of drug-likeness (QED) is 0.436. The van der Waals surface area contributed by atoms with Crippen LogP contribution in [0.2, 0.25) is 0 Å². The summed E-state index contributed by atoms with van der Waals surface area (Å²) in [4.78, 5) is 10.2. The van der Waals surface area contributed by atoms with Gasteiger partial charge in [0.25, 0.3) is 0 Å². The molecule has 52 valence electrons. The number of esters is 1. The molecule has 0 aliphatic carbocycles. The first-order chi connectivity index (χ1) is 4.16. The highest BCUT2D eigenvalue weighted by molar-refractivity contribution is 5.70. The predicted octanol–water partition coefficient (Wildman–Crippen LogP) is 0.446. The first-order valence-electron chi connectivity index (χ1n) is 2.60. The lowest BCUT2D eigenvalue weighted by molar-refractivity contribution is -0.141. The minimum absolute atomic E-state index is 0.566. The van der Waals surface area contributed by atoms with Crippen LogP contribution >= 0.6 is 0 Å². The molecule has 0 heterocycles. The maximum absolute atomic E-state index is 10.2. The summed E-state index contributed by atoms with van der Waals surface area (Å²) < 4.78 is 4.40. The number of rotatable bonds is 2. The molecule has 9 heavy (non-hydrogen) atoms. The fourth-order valence-corrected chi connectivity index (χ4v) is 0.221. The van der Waals surface area contributed by atoms with Gasteiger partial charge in [-0.2, -0.15) is 0 Å². The Kier molecular flexibility index (Phi) is 3.71. The first-order valence-corrected chi connectivity index (χ1v) is 2.60. The van der Waals surface area contributed by atoms with Gasteiger partial charge in [-0.1, -0.05) is 0 Å². The van der Waals surface area contributed by atoms with Gasteiger partial charge in [0.1, 0.15) is 6.61 Å². The highest BCUT2D eigenvalue weighted by Gasteiger charge is 1.93. The lowest BCUT2D eigenvalue weighted by atomic mass is 10.4. The van der Waals surface area contributed by atoms with Gasteiger partial charge in [-0.15, -0.1) is 0 Å². The van der Waals surface area contributed by atoms with Crippen molar-refractivity contribution in [2.45, 2.75) is 13.8 Å². The fourth-order valence-electron chi connectivity index (χ4n) is 0.221. The molecule has 3 heteroatoms. The minimum Gasteiger partial charge on any atom is -0.433 e. The number of ether oxygens (including phenoxy) is 1. The third-order valence-electron chi connectivity index (χ3n) is 0.555. The number of allylic oxidation sites excluding steroid dienone is 1. The Labute approximate surface area is 53.9 Å². The van der Waals surface area contributed by atoms with Crippen LogP contribution in [0.3, 0.4) is 0 Å². The Morgan fingerprint density at radius 2 is 2.22 bits per heavy atom. The highest BCUT2D eigenvalue weighted by atomic mass is 16.5. The SMILES string of the molecule is CC(C)=COC(=O)CO. The Balaban J connectivity index is 3.50. The van der Waals surface area contributed by atoms with Crippen LogP contribution in [0, 0.1) is 0 Å². The molecule has 0 aromatic carbocycles. The Morgan fingerprint density at radius 3 is 2.56 bits per heavy atom. The Morgan fingerprint density at radius 1 is 1.67 bits per heavy atom. The monoisotopic (exact) mass is 130 g/mol. The lowest BCUT2D eigenvalue weighted by Gasteiger charge is -1.93. The van der Waals surface area contributed by atoms with Crippen molar-refractivity contribution in [1.82, 2.24) is 0 Å². The molecular formula is C6H10O3. The molecule has 0 aromatic heterocycles. The molecule has 0 radical (unpaired) electrons. The van der Waals surface area contributed by atoms with Crippen LogP contribution in [0.4, 0.5) is 0 Å². The second-order valence-electron chi connectivity index (χ2n) is 1.84. The van der Waals surface area contributed by atoms with Gasteiger partial charge in [0.05, 0.1) is 6.26 Å². The molecule has 0 rings (SSSR count). The molecule has 0 bridgehead atoms. The molecule has 0 fully saturated rings. The van der Waals surface area contributed by atoms with Crippen molar-refractivity contribution in [3.63, 3.8) is 0 Å². The van der Waals surface area contributed by atoms with E-state index in [9.17, 15) is 4.79 Å². The van der Waals surface area contributed by atoms with Crippen molar-refractivity contribution >= 4 is 5.97 Å². The fraction of sp³-hybridized carbons (Fsp3) is 0.500. The number of carbonyl (C=O) groups excluding carboxylic acids is 1. The summed E-state index contributed by atoms with van der Waals surface area (Å²) in [6.07, 6.45) is 1.30. The lowest BCUT2D eigenvalue weighted by Crippen LogP contribution is -2.04. The van der Waals surface area contributed by atoms with E-state index in [1.54, 1.807) is 13.8 Å². The molecule has 0 amide bonds. The minimum atomic E-state index is -0.629. The number of hydrogen-bond donors (Lipinski definition) is 1. The number of aliphatic hydroxyl groups excluding tert-OH is 1. The molecule has 0 saturated carbocycles. The summed E-state index contributed by atoms with van der Waals surface area (Å²) in [5.74, 6) is -0.629. The van der Waals surface area contributed by atoms with E-state index in [4.69, 9.17) is 5.11 Å². The molecule has 3 nitrogen and oxygen atoms in total. The molecule has 0 atom stereocenters. The zero-order valence-corrected chi connectivity index (χ0v) is 5.55. The van der Waals surface area contributed by atoms with Crippen molar-refractivity contribution in [2.24, 2.45) is 0 Å². The van der Waals surface area contributed by atoms with Gasteiger partial charge in [-0.25, -0.2) is 4.79 Å². The molecule has 1 N–H and O–H groups in total. The van der Waals surface area contributed by atoms with Crippen LogP contribution in [-0.2, 0) is 9.53 Å². The molecule has 0 aromatic rings. The van der Waals surface area contributed by atoms with E-state index in [0.29, 0.717) is 0 Å². The number of carbonyl (C=O) groups is 1. The van der Waals surface area contributed by atoms with E-state index < -0.39 is 12.6 Å². The maximum Gasteiger partial charge on any atom is 0.336 e. The van der Waals surface area contributed by atoms with E-state index in [1.807, 2.05) is 0 Å². The smallest absolute Gasteiger partial charge is 0.336 e. The van der Waals surface area contributed by atoms with Gasteiger partial charge in [0.15, 0.2) is 0 Å². The van der Waals surface area contributed by atoms with Crippen molar-refractivity contribution in [1.29, 1.82) is 0 Å². The van der Waals surface area contributed by atoms with Crippen LogP contribution in [0.15, 0.2) is 11.8 Å². The Bertz CT molecular complexity index is 122. The Hall–Kier alpha value is -0.830. The predicted molar refractivity (Wildman–Crippen MR) is 32.6 cm³/mol. The van der Waals surface area contributed by atoms with E-state index in [0.717, 1.165) is 5.57 Å². The van der Waals surface area contributed by atoms with Crippen LogP contribution in [0.1, 0.15) is 13.8 Å². The van der Waals surface area contributed by atoms with Crippen LogP contribution in [0.5, 0.6) is 0 Å². The van der Waals surface area contributed by atoms with E-state index in [-0.39, 0.29) is 0 Å². The third-order valence-corrected chi connectivity index (χ3v) is 0.555. The molecular weight excluding hydrogens is 120 g/mol. The van der Waals surface area contributed by atoms with E-state index in [1.165, 1.54) is 6.26 Å². The number of hydrogen-bond acceptors (Lipinski definition) is 3. The zero-order chi connectivity index (χ0) is 7.28. The van der Waals surface area contributed by atoms with Crippen molar-refractivity contribution in [3.8, 4) is 0 Å². The van der Waals surface area contributed by atoms with E-state index in [2.05, 4.69) is 4.74 Å². The molecule has 0 aliphatic heterocycles. The first kappa shape index (κ1) is 8.17. The normalized spacial score (nSPS) is 8.33. The summed E-state index contributed by atoms with van der Waals surface area (Å²) in [6.45, 7) is 3.03. The molecule has 0 aliphatic rings. The summed E-state index contributed by atoms with van der Waals surface area (Å²) >= 11 is 0. The summed E-state index contributed by atoms with van der Waals surface area (Å²) in [6, 6.07) is 0. The second kappa shape index (κ2) is 4.09. The maximum atomic E-state index is 10.2. The van der Waals surface area contributed by atoms with Crippen LogP contribution in [-0.4, -0.2) is 17.7 Å². The molecule has 0 saturated heterocycles. The largest absolute Gasteiger partial charge is 0.433 e. The topological polar surface area (TPSA) is 46.5 Å². The molecule has 0 spiro atoms. The van der Waals surface area contributed by atoms with Gasteiger partial charge in [0.2, 0.25) is 0 Å². The standard InChI is InChI=1S/C6H10O3/c1-5(2)4-9-6(8)3-7/h4,7H,3H2,1-2H3. The average Bonchev–Trinajstić information content (AvgIpc) is 1.83. The van der Waals surface area contributed by atoms with Gasteiger partial charge < -0.3 is 9.84 Å². The second-order valence-corrected chi connectivity index (χ2v) is 1.84. The van der Waals surface area contributed by atoms with Crippen molar-refractivity contribution in [2.75, 3.05) is 6.61 Å². The molecule has 0 unspecified atom stereocenters. The van der Waals surface area contributed by atoms with E-state index >= 15 is 0 Å². The van der Waals surface area contributed by atoms with Gasteiger partial charge in [0, 0.05) is 0 Å². The summed E-state index contributed by atoms with van der Waals surface area (Å²) in [5.41, 5.74) is 0.886. The highest BCUT2D eigenvalue weighted by Crippen LogP contribution is 1.88.